The molecule has 0 heterocycles. The first kappa shape index (κ1) is 14.1. The summed E-state index contributed by atoms with van der Waals surface area (Å²) >= 11 is 0. The summed E-state index contributed by atoms with van der Waals surface area (Å²) in [5.74, 6) is 0.473. The van der Waals surface area contributed by atoms with Crippen LogP contribution in [0.3, 0.4) is 0 Å². The lowest BCUT2D eigenvalue weighted by atomic mass is 9.99. The Kier molecular flexibility index (Phi) is 4.72. The van der Waals surface area contributed by atoms with E-state index in [9.17, 15) is 4.79 Å². The van der Waals surface area contributed by atoms with E-state index in [1.54, 1.807) is 0 Å². The molecule has 0 aliphatic rings. The van der Waals surface area contributed by atoms with Crippen molar-refractivity contribution in [3.63, 3.8) is 0 Å². The van der Waals surface area contributed by atoms with E-state index in [-0.39, 0.29) is 11.9 Å². The predicted octanol–water partition coefficient (Wildman–Crippen LogP) is 4.39. The first-order valence-corrected chi connectivity index (χ1v) is 6.67. The van der Waals surface area contributed by atoms with Crippen LogP contribution >= 0.6 is 0 Å². The van der Waals surface area contributed by atoms with Crippen LogP contribution < -0.4 is 0 Å². The molecule has 0 unspecified atom stereocenters. The van der Waals surface area contributed by atoms with Crippen LogP contribution in [-0.2, 0) is 9.53 Å². The van der Waals surface area contributed by atoms with Gasteiger partial charge in [0.15, 0.2) is 0 Å². The van der Waals surface area contributed by atoms with Crippen LogP contribution in [0.25, 0.3) is 5.76 Å². The van der Waals surface area contributed by atoms with Crippen molar-refractivity contribution >= 4 is 11.7 Å². The maximum atomic E-state index is 11.3. The first-order valence-electron chi connectivity index (χ1n) is 6.67. The average molecular weight is 266 g/mol. The van der Waals surface area contributed by atoms with E-state index in [2.05, 4.69) is 19.1 Å². The Morgan fingerprint density at radius 2 is 1.55 bits per heavy atom. The molecule has 102 valence electrons. The zero-order valence-electron chi connectivity index (χ0n) is 11.7. The number of carbonyl (C=O) groups is 1. The molecule has 0 amide bonds. The summed E-state index contributed by atoms with van der Waals surface area (Å²) < 4.78 is 5.35. The van der Waals surface area contributed by atoms with Crippen LogP contribution in [0.4, 0.5) is 0 Å². The number of benzene rings is 2. The van der Waals surface area contributed by atoms with Gasteiger partial charge in [-0.3, -0.25) is 4.79 Å². The Bertz CT molecular complexity index is 585. The minimum Gasteiger partial charge on any atom is -0.426 e. The van der Waals surface area contributed by atoms with Crippen LogP contribution in [0.1, 0.15) is 30.9 Å². The highest BCUT2D eigenvalue weighted by Crippen LogP contribution is 2.23. The Hall–Kier alpha value is -2.35. The van der Waals surface area contributed by atoms with Crippen LogP contribution in [0.15, 0.2) is 66.7 Å². The molecule has 2 aromatic carbocycles. The van der Waals surface area contributed by atoms with Gasteiger partial charge in [0.1, 0.15) is 5.76 Å². The molecule has 0 saturated carbocycles. The smallest absolute Gasteiger partial charge is 0.308 e. The van der Waals surface area contributed by atoms with Crippen molar-refractivity contribution in [2.24, 2.45) is 0 Å². The van der Waals surface area contributed by atoms with Crippen LogP contribution in [0.2, 0.25) is 0 Å². The normalized spacial score (nSPS) is 12.8. The predicted molar refractivity (Wildman–Crippen MR) is 81.0 cm³/mol. The average Bonchev–Trinajstić information content (AvgIpc) is 2.48. The minimum atomic E-state index is -0.305. The van der Waals surface area contributed by atoms with Crippen LogP contribution in [0, 0.1) is 0 Å². The van der Waals surface area contributed by atoms with Crippen molar-refractivity contribution < 1.29 is 9.53 Å². The van der Waals surface area contributed by atoms with Gasteiger partial charge in [-0.25, -0.2) is 0 Å². The molecule has 0 aliphatic carbocycles. The fourth-order valence-corrected chi connectivity index (χ4v) is 2.03. The van der Waals surface area contributed by atoms with Crippen LogP contribution in [0.5, 0.6) is 0 Å². The van der Waals surface area contributed by atoms with E-state index < -0.39 is 0 Å². The molecule has 20 heavy (non-hydrogen) atoms. The molecular weight excluding hydrogens is 248 g/mol. The maximum Gasteiger partial charge on any atom is 0.308 e. The van der Waals surface area contributed by atoms with Crippen molar-refractivity contribution in [1.29, 1.82) is 0 Å². The van der Waals surface area contributed by atoms with E-state index in [0.717, 1.165) is 5.56 Å². The molecule has 0 spiro atoms. The number of allylic oxidation sites excluding steroid dienone is 1. The Balaban J connectivity index is 2.31. The van der Waals surface area contributed by atoms with E-state index in [0.29, 0.717) is 5.76 Å². The summed E-state index contributed by atoms with van der Waals surface area (Å²) in [6, 6.07) is 19.8. The summed E-state index contributed by atoms with van der Waals surface area (Å²) in [7, 11) is 0. The molecule has 0 saturated heterocycles. The number of ether oxygens (including phenoxy) is 1. The van der Waals surface area contributed by atoms with E-state index in [1.165, 1.54) is 12.5 Å². The van der Waals surface area contributed by atoms with Gasteiger partial charge in [0, 0.05) is 18.4 Å². The molecule has 2 aromatic rings. The largest absolute Gasteiger partial charge is 0.426 e. The van der Waals surface area contributed by atoms with Gasteiger partial charge in [-0.2, -0.15) is 0 Å². The second-order valence-corrected chi connectivity index (χ2v) is 4.69. The molecular formula is C18H18O2. The van der Waals surface area contributed by atoms with Crippen molar-refractivity contribution in [3.05, 3.63) is 77.9 Å². The molecule has 2 nitrogen and oxygen atoms in total. The number of esters is 1. The third kappa shape index (κ3) is 3.82. The van der Waals surface area contributed by atoms with Gasteiger partial charge in [-0.05, 0) is 11.6 Å². The summed E-state index contributed by atoms with van der Waals surface area (Å²) in [6.07, 6.45) is 1.98. The summed E-state index contributed by atoms with van der Waals surface area (Å²) in [5, 5.41) is 0. The van der Waals surface area contributed by atoms with E-state index in [4.69, 9.17) is 4.74 Å². The highest BCUT2D eigenvalue weighted by Gasteiger charge is 2.09. The number of rotatable bonds is 4. The quantitative estimate of drug-likeness (QED) is 0.606. The highest BCUT2D eigenvalue weighted by atomic mass is 16.5. The van der Waals surface area contributed by atoms with E-state index in [1.807, 2.05) is 54.6 Å². The maximum absolute atomic E-state index is 11.3. The Morgan fingerprint density at radius 1 is 1.00 bits per heavy atom. The van der Waals surface area contributed by atoms with Crippen molar-refractivity contribution in [2.75, 3.05) is 0 Å². The first-order chi connectivity index (χ1) is 9.66. The van der Waals surface area contributed by atoms with Crippen LogP contribution in [-0.4, -0.2) is 5.97 Å². The second kappa shape index (κ2) is 6.71. The molecule has 2 heteroatoms. The zero-order valence-corrected chi connectivity index (χ0v) is 11.7. The van der Waals surface area contributed by atoms with Gasteiger partial charge < -0.3 is 4.74 Å². The summed E-state index contributed by atoms with van der Waals surface area (Å²) in [5.41, 5.74) is 2.10. The zero-order chi connectivity index (χ0) is 14.4. The lowest BCUT2D eigenvalue weighted by Gasteiger charge is -2.12. The second-order valence-electron chi connectivity index (χ2n) is 4.69. The van der Waals surface area contributed by atoms with Crippen molar-refractivity contribution in [3.8, 4) is 0 Å². The molecule has 1 atom stereocenters. The Morgan fingerprint density at radius 3 is 2.10 bits per heavy atom. The molecule has 0 fully saturated rings. The van der Waals surface area contributed by atoms with Gasteiger partial charge in [0.25, 0.3) is 0 Å². The molecule has 0 N–H and O–H groups in total. The fourth-order valence-electron chi connectivity index (χ4n) is 2.03. The number of hydrogen-bond donors (Lipinski definition) is 0. The monoisotopic (exact) mass is 266 g/mol. The molecule has 2 rings (SSSR count). The standard InChI is InChI=1S/C18H18O2/c1-14(16-9-5-3-6-10-16)13-18(20-15(2)19)17-11-7-4-8-12-17/h3-14H,1-2H3/b18-13-/t14-/m0/s1. The Labute approximate surface area is 119 Å². The van der Waals surface area contributed by atoms with Gasteiger partial charge >= 0.3 is 5.97 Å². The molecule has 0 aromatic heterocycles. The topological polar surface area (TPSA) is 26.3 Å². The van der Waals surface area contributed by atoms with Gasteiger partial charge in [0.2, 0.25) is 0 Å². The van der Waals surface area contributed by atoms with E-state index >= 15 is 0 Å². The summed E-state index contributed by atoms with van der Waals surface area (Å²) in [6.45, 7) is 3.51. The minimum absolute atomic E-state index is 0.172. The number of hydrogen-bond acceptors (Lipinski definition) is 2. The van der Waals surface area contributed by atoms with Crippen molar-refractivity contribution in [1.82, 2.24) is 0 Å². The lowest BCUT2D eigenvalue weighted by molar-refractivity contribution is -0.134. The van der Waals surface area contributed by atoms with Crippen molar-refractivity contribution in [2.45, 2.75) is 19.8 Å². The highest BCUT2D eigenvalue weighted by molar-refractivity contribution is 5.76. The lowest BCUT2D eigenvalue weighted by Crippen LogP contribution is -2.00. The molecule has 0 radical (unpaired) electrons. The molecule has 0 aliphatic heterocycles. The van der Waals surface area contributed by atoms with Gasteiger partial charge in [0.05, 0.1) is 0 Å². The SMILES string of the molecule is CC(=O)O/C(=C\[C@H](C)c1ccccc1)c1ccccc1. The molecule has 0 bridgehead atoms. The number of carbonyl (C=O) groups excluding carboxylic acids is 1. The fraction of sp³-hybridized carbons (Fsp3) is 0.167. The third-order valence-corrected chi connectivity index (χ3v) is 3.04. The van der Waals surface area contributed by atoms with Gasteiger partial charge in [-0.1, -0.05) is 67.6 Å². The van der Waals surface area contributed by atoms with Gasteiger partial charge in [-0.15, -0.1) is 0 Å². The summed E-state index contributed by atoms with van der Waals surface area (Å²) in [4.78, 5) is 11.3. The third-order valence-electron chi connectivity index (χ3n) is 3.04.